The van der Waals surface area contributed by atoms with E-state index in [1.165, 1.54) is 27.7 Å². The van der Waals surface area contributed by atoms with E-state index in [-0.39, 0.29) is 44.3 Å². The van der Waals surface area contributed by atoms with Crippen molar-refractivity contribution in [2.24, 2.45) is 10.8 Å². The molecule has 0 amide bonds. The first-order chi connectivity index (χ1) is 19.5. The van der Waals surface area contributed by atoms with Crippen LogP contribution in [-0.2, 0) is 62.0 Å². The van der Waals surface area contributed by atoms with E-state index in [0.717, 1.165) is 6.92 Å². The monoisotopic (exact) mass is 604 g/mol. The van der Waals surface area contributed by atoms with Gasteiger partial charge in [-0.15, -0.1) is 0 Å². The Labute approximate surface area is 243 Å². The van der Waals surface area contributed by atoms with Crippen LogP contribution in [0.5, 0.6) is 0 Å². The van der Waals surface area contributed by atoms with E-state index in [0.29, 0.717) is 0 Å². The molecule has 0 fully saturated rings. The van der Waals surface area contributed by atoms with Gasteiger partial charge in [-0.1, -0.05) is 27.7 Å². The molecule has 0 saturated heterocycles. The fourth-order valence-electron chi connectivity index (χ4n) is 3.01. The zero-order chi connectivity index (χ0) is 32.7. The first-order valence-corrected chi connectivity index (χ1v) is 13.4. The molecule has 2 N–H and O–H groups in total. The van der Waals surface area contributed by atoms with Gasteiger partial charge in [0.05, 0.1) is 5.41 Å². The number of carboxylic acids is 2. The molecule has 0 rings (SSSR count). The van der Waals surface area contributed by atoms with Gasteiger partial charge < -0.3 is 33.9 Å². The summed E-state index contributed by atoms with van der Waals surface area (Å²) in [5, 5.41) is 19.5. The van der Waals surface area contributed by atoms with Gasteiger partial charge >= 0.3 is 41.8 Å². The average Bonchev–Trinajstić information content (AvgIpc) is 2.96. The zero-order valence-electron chi connectivity index (χ0n) is 24.7. The molecule has 0 aromatic carbocycles. The Hall–Kier alpha value is -4.04. The molecule has 0 aromatic heterocycles. The summed E-state index contributed by atoms with van der Waals surface area (Å²) in [5.74, 6) is -9.22. The highest BCUT2D eigenvalue weighted by atomic mass is 16.6. The number of carbonyl (C=O) groups excluding carboxylic acids is 6. The molecule has 0 aliphatic rings. The fraction of sp³-hybridized carbons (Fsp3) is 0.704. The van der Waals surface area contributed by atoms with Crippen LogP contribution in [-0.4, -0.2) is 89.8 Å². The molecular weight excluding hydrogens is 564 g/mol. The van der Waals surface area contributed by atoms with Crippen molar-refractivity contribution in [1.82, 2.24) is 0 Å². The number of esters is 5. The number of ketones is 1. The smallest absolute Gasteiger partial charge is 0.349 e. The van der Waals surface area contributed by atoms with Gasteiger partial charge in [0.25, 0.3) is 0 Å². The minimum Gasteiger partial charge on any atom is -0.478 e. The van der Waals surface area contributed by atoms with Crippen LogP contribution < -0.4 is 0 Å². The Kier molecular flexibility index (Phi) is 16.0. The van der Waals surface area contributed by atoms with Crippen molar-refractivity contribution in [3.63, 3.8) is 0 Å². The van der Waals surface area contributed by atoms with Crippen LogP contribution in [0.25, 0.3) is 0 Å². The Bertz CT molecular complexity index is 895. The van der Waals surface area contributed by atoms with Crippen LogP contribution >= 0.6 is 0 Å². The topological polar surface area (TPSA) is 223 Å². The molecule has 238 valence electrons. The first-order valence-electron chi connectivity index (χ1n) is 13.4. The number of aliphatic carboxylic acids is 2. The third kappa shape index (κ3) is 12.2. The van der Waals surface area contributed by atoms with Gasteiger partial charge in [-0.2, -0.15) is 0 Å². The van der Waals surface area contributed by atoms with Gasteiger partial charge in [-0.25, -0.2) is 9.59 Å². The van der Waals surface area contributed by atoms with E-state index >= 15 is 0 Å². The van der Waals surface area contributed by atoms with Crippen LogP contribution in [0, 0.1) is 10.8 Å². The molecule has 0 aliphatic carbocycles. The van der Waals surface area contributed by atoms with Gasteiger partial charge in [-0.3, -0.25) is 28.8 Å². The summed E-state index contributed by atoms with van der Waals surface area (Å²) in [6, 6.07) is 0. The lowest BCUT2D eigenvalue weighted by Crippen LogP contribution is -2.51. The van der Waals surface area contributed by atoms with Crippen molar-refractivity contribution >= 4 is 47.6 Å². The van der Waals surface area contributed by atoms with Crippen LogP contribution in [0.3, 0.4) is 0 Å². The molecule has 42 heavy (non-hydrogen) atoms. The van der Waals surface area contributed by atoms with Gasteiger partial charge in [-0.05, 0) is 20.3 Å². The molecule has 0 spiro atoms. The molecule has 0 heterocycles. The second kappa shape index (κ2) is 17.7. The van der Waals surface area contributed by atoms with Crippen molar-refractivity contribution < 1.29 is 72.3 Å². The van der Waals surface area contributed by atoms with Gasteiger partial charge in [0, 0.05) is 32.1 Å². The van der Waals surface area contributed by atoms with Gasteiger partial charge in [0.15, 0.2) is 0 Å². The highest BCUT2D eigenvalue weighted by molar-refractivity contribution is 5.90. The summed E-state index contributed by atoms with van der Waals surface area (Å²) in [6.07, 6.45) is -5.67. The molecule has 15 heteroatoms. The second-order valence-corrected chi connectivity index (χ2v) is 9.88. The van der Waals surface area contributed by atoms with E-state index in [1.54, 1.807) is 6.92 Å². The molecule has 15 nitrogen and oxygen atoms in total. The zero-order valence-corrected chi connectivity index (χ0v) is 24.7. The Morgan fingerprint density at radius 2 is 0.905 bits per heavy atom. The van der Waals surface area contributed by atoms with Crippen molar-refractivity contribution in [2.45, 2.75) is 92.3 Å². The van der Waals surface area contributed by atoms with Crippen molar-refractivity contribution in [3.8, 4) is 0 Å². The lowest BCUT2D eigenvalue weighted by molar-refractivity contribution is -0.199. The van der Waals surface area contributed by atoms with Gasteiger partial charge in [0.1, 0.15) is 31.0 Å². The maximum Gasteiger partial charge on any atom is 0.349 e. The van der Waals surface area contributed by atoms with Crippen LogP contribution in [0.15, 0.2) is 0 Å². The summed E-state index contributed by atoms with van der Waals surface area (Å²) < 4.78 is 24.9. The Morgan fingerprint density at radius 3 is 1.21 bits per heavy atom. The number of carbonyl (C=O) groups is 8. The Balaban J connectivity index is 6.22. The minimum absolute atomic E-state index is 0.0479. The van der Waals surface area contributed by atoms with E-state index in [9.17, 15) is 48.6 Å². The summed E-state index contributed by atoms with van der Waals surface area (Å²) >= 11 is 0. The molecular formula is C27H40O15. The minimum atomic E-state index is -2.61. The SMILES string of the molecule is CCC(=O)CCC(C)(COC(=O)CC)C(=O)O[C@@H](C(=O)O)[C@@H](OC(=O)C(C)(COC(=O)CC)COC(=O)CC)C(=O)O. The van der Waals surface area contributed by atoms with Gasteiger partial charge in [0.2, 0.25) is 12.2 Å². The number of Topliss-reactive ketones (excluding diaryl/α,β-unsaturated/α-hetero) is 1. The van der Waals surface area contributed by atoms with E-state index < -0.39 is 84.6 Å². The third-order valence-corrected chi connectivity index (χ3v) is 6.09. The lowest BCUT2D eigenvalue weighted by atomic mass is 9.85. The van der Waals surface area contributed by atoms with E-state index in [4.69, 9.17) is 23.7 Å². The highest BCUT2D eigenvalue weighted by Gasteiger charge is 2.48. The number of carboxylic acid groups (broad SMARTS) is 2. The number of hydrogen-bond donors (Lipinski definition) is 2. The molecule has 0 aliphatic heterocycles. The van der Waals surface area contributed by atoms with Crippen molar-refractivity contribution in [1.29, 1.82) is 0 Å². The molecule has 3 atom stereocenters. The largest absolute Gasteiger partial charge is 0.478 e. The summed E-state index contributed by atoms with van der Waals surface area (Å²) in [6.45, 7) is 6.34. The lowest BCUT2D eigenvalue weighted by Gasteiger charge is -2.31. The van der Waals surface area contributed by atoms with Crippen LogP contribution in [0.1, 0.15) is 80.1 Å². The maximum absolute atomic E-state index is 13.2. The molecule has 0 radical (unpaired) electrons. The number of hydrogen-bond acceptors (Lipinski definition) is 13. The van der Waals surface area contributed by atoms with Crippen molar-refractivity contribution in [2.75, 3.05) is 19.8 Å². The molecule has 0 aromatic rings. The maximum atomic E-state index is 13.2. The third-order valence-electron chi connectivity index (χ3n) is 6.09. The standard InChI is InChI=1S/C27H40O15/c1-7-16(28)11-12-26(5,13-38-17(29)8-2)24(36)41-20(22(32)33)21(23(34)35)42-25(37)27(6,14-39-18(30)9-3)15-40-19(31)10-4/h20-21H,7-15H2,1-6H3,(H,32,33)(H,34,35)/t20-,21-,26?/m1/s1. The van der Waals surface area contributed by atoms with Crippen LogP contribution in [0.4, 0.5) is 0 Å². The predicted molar refractivity (Wildman–Crippen MR) is 140 cm³/mol. The number of rotatable bonds is 20. The van der Waals surface area contributed by atoms with E-state index in [1.807, 2.05) is 0 Å². The fourth-order valence-corrected chi connectivity index (χ4v) is 3.01. The second-order valence-electron chi connectivity index (χ2n) is 9.88. The highest BCUT2D eigenvalue weighted by Crippen LogP contribution is 2.29. The quantitative estimate of drug-likeness (QED) is 0.149. The van der Waals surface area contributed by atoms with E-state index in [2.05, 4.69) is 0 Å². The number of ether oxygens (including phenoxy) is 5. The molecule has 0 bridgehead atoms. The Morgan fingerprint density at radius 1 is 0.571 bits per heavy atom. The first kappa shape index (κ1) is 38.0. The van der Waals surface area contributed by atoms with Crippen molar-refractivity contribution in [3.05, 3.63) is 0 Å². The normalized spacial score (nSPS) is 13.9. The van der Waals surface area contributed by atoms with Crippen LogP contribution in [0.2, 0.25) is 0 Å². The summed E-state index contributed by atoms with van der Waals surface area (Å²) in [5.41, 5.74) is -3.74. The molecule has 1 unspecified atom stereocenters. The summed E-state index contributed by atoms with van der Waals surface area (Å²) in [4.78, 5) is 97.4. The average molecular weight is 605 g/mol. The summed E-state index contributed by atoms with van der Waals surface area (Å²) in [7, 11) is 0. The molecule has 0 saturated carbocycles. The predicted octanol–water partition coefficient (Wildman–Crippen LogP) is 1.61.